The number of carbonyl (C=O) groups excluding carboxylic acids is 2. The van der Waals surface area contributed by atoms with Crippen molar-refractivity contribution in [3.8, 4) is 6.07 Å². The molecule has 9 heteroatoms. The molecule has 1 aromatic carbocycles. The summed E-state index contributed by atoms with van der Waals surface area (Å²) in [5, 5.41) is 13.3. The summed E-state index contributed by atoms with van der Waals surface area (Å²) in [5.74, 6) is -0.904. The number of pyridine rings is 1. The van der Waals surface area contributed by atoms with Crippen molar-refractivity contribution < 1.29 is 14.0 Å². The lowest BCUT2D eigenvalue weighted by atomic mass is 10.2. The third-order valence-electron chi connectivity index (χ3n) is 5.25. The number of hydrogen-bond donors (Lipinski definition) is 0. The number of halogens is 1. The molecule has 0 bridgehead atoms. The highest BCUT2D eigenvalue weighted by molar-refractivity contribution is 5.98. The van der Waals surface area contributed by atoms with Crippen LogP contribution in [0.25, 0.3) is 0 Å². The quantitative estimate of drug-likeness (QED) is 0.572. The van der Waals surface area contributed by atoms with Crippen LogP contribution in [0.3, 0.4) is 0 Å². The number of nitriles is 1. The lowest BCUT2D eigenvalue weighted by Gasteiger charge is -2.27. The van der Waals surface area contributed by atoms with Crippen molar-refractivity contribution in [2.24, 2.45) is 0 Å². The smallest absolute Gasteiger partial charge is 0.274 e. The highest BCUT2D eigenvalue weighted by Crippen LogP contribution is 2.18. The Kier molecular flexibility index (Phi) is 6.22. The molecule has 0 N–H and O–H groups in total. The Balaban J connectivity index is 1.51. The van der Waals surface area contributed by atoms with Crippen LogP contribution in [0, 0.1) is 17.1 Å². The molecular formula is C23H21FN6O2. The Morgan fingerprint density at radius 2 is 2.00 bits per heavy atom. The molecule has 0 fully saturated rings. The maximum absolute atomic E-state index is 13.1. The lowest BCUT2D eigenvalue weighted by molar-refractivity contribution is 0.0680. The van der Waals surface area contributed by atoms with Gasteiger partial charge in [0.15, 0.2) is 5.69 Å². The molecule has 32 heavy (non-hydrogen) atoms. The van der Waals surface area contributed by atoms with Crippen LogP contribution in [-0.2, 0) is 19.6 Å². The summed E-state index contributed by atoms with van der Waals surface area (Å²) < 4.78 is 14.7. The van der Waals surface area contributed by atoms with Crippen LogP contribution >= 0.6 is 0 Å². The Labute approximate surface area is 184 Å². The van der Waals surface area contributed by atoms with E-state index in [1.165, 1.54) is 23.1 Å². The first kappa shape index (κ1) is 21.2. The summed E-state index contributed by atoms with van der Waals surface area (Å²) in [6, 6.07) is 13.2. The largest absolute Gasteiger partial charge is 0.332 e. The van der Waals surface area contributed by atoms with Crippen LogP contribution in [-0.4, -0.2) is 49.5 Å². The third kappa shape index (κ3) is 4.64. The van der Waals surface area contributed by atoms with Crippen LogP contribution in [0.2, 0.25) is 0 Å². The van der Waals surface area contributed by atoms with E-state index in [-0.39, 0.29) is 36.3 Å². The van der Waals surface area contributed by atoms with Gasteiger partial charge in [-0.2, -0.15) is 10.4 Å². The van der Waals surface area contributed by atoms with Gasteiger partial charge >= 0.3 is 0 Å². The van der Waals surface area contributed by atoms with Crippen molar-refractivity contribution in [3.05, 3.63) is 83.2 Å². The molecule has 0 radical (unpaired) electrons. The van der Waals surface area contributed by atoms with Gasteiger partial charge < -0.3 is 9.80 Å². The van der Waals surface area contributed by atoms with E-state index in [1.54, 1.807) is 40.2 Å². The molecule has 0 saturated heterocycles. The Morgan fingerprint density at radius 1 is 1.19 bits per heavy atom. The number of amides is 2. The minimum Gasteiger partial charge on any atom is -0.332 e. The fourth-order valence-corrected chi connectivity index (χ4v) is 3.62. The normalized spacial score (nSPS) is 12.9. The third-order valence-corrected chi connectivity index (χ3v) is 5.25. The topological polar surface area (TPSA) is 95.1 Å². The molecule has 4 rings (SSSR count). The van der Waals surface area contributed by atoms with Crippen molar-refractivity contribution in [2.75, 3.05) is 13.1 Å². The van der Waals surface area contributed by atoms with Gasteiger partial charge in [-0.05, 0) is 29.3 Å². The average molecular weight is 432 g/mol. The summed E-state index contributed by atoms with van der Waals surface area (Å²) in [7, 11) is 0. The molecule has 162 valence electrons. The SMILES string of the molecule is N#CCCN(Cc1cccnc1)C(=O)c1cc2n(n1)CCN(Cc1ccc(F)cc1)C2=O. The number of benzene rings is 1. The van der Waals surface area contributed by atoms with Crippen molar-refractivity contribution >= 4 is 11.8 Å². The van der Waals surface area contributed by atoms with Gasteiger partial charge in [0.2, 0.25) is 0 Å². The molecule has 8 nitrogen and oxygen atoms in total. The second-order valence-electron chi connectivity index (χ2n) is 7.49. The predicted octanol–water partition coefficient (Wildman–Crippen LogP) is 2.63. The van der Waals surface area contributed by atoms with E-state index in [0.29, 0.717) is 31.9 Å². The minimum absolute atomic E-state index is 0.166. The molecule has 0 atom stereocenters. The monoisotopic (exact) mass is 432 g/mol. The molecule has 3 heterocycles. The number of hydrogen-bond acceptors (Lipinski definition) is 5. The molecule has 0 unspecified atom stereocenters. The summed E-state index contributed by atoms with van der Waals surface area (Å²) >= 11 is 0. The minimum atomic E-state index is -0.344. The van der Waals surface area contributed by atoms with E-state index in [4.69, 9.17) is 5.26 Å². The molecule has 3 aromatic rings. The Hall–Kier alpha value is -4.06. The van der Waals surface area contributed by atoms with Gasteiger partial charge in [0.1, 0.15) is 11.5 Å². The van der Waals surface area contributed by atoms with E-state index < -0.39 is 0 Å². The van der Waals surface area contributed by atoms with E-state index >= 15 is 0 Å². The summed E-state index contributed by atoms with van der Waals surface area (Å²) in [4.78, 5) is 33.4. The van der Waals surface area contributed by atoms with Gasteiger partial charge in [-0.3, -0.25) is 19.3 Å². The maximum atomic E-state index is 13.1. The number of rotatable bonds is 7. The van der Waals surface area contributed by atoms with Gasteiger partial charge in [-0.25, -0.2) is 4.39 Å². The first-order chi connectivity index (χ1) is 15.5. The van der Waals surface area contributed by atoms with E-state index in [2.05, 4.69) is 16.2 Å². The number of nitrogens with zero attached hydrogens (tertiary/aromatic N) is 6. The molecule has 0 spiro atoms. The van der Waals surface area contributed by atoms with Crippen LogP contribution in [0.5, 0.6) is 0 Å². The average Bonchev–Trinajstić information content (AvgIpc) is 3.25. The second kappa shape index (κ2) is 9.39. The Morgan fingerprint density at radius 3 is 2.72 bits per heavy atom. The van der Waals surface area contributed by atoms with E-state index in [0.717, 1.165) is 11.1 Å². The maximum Gasteiger partial charge on any atom is 0.274 e. The fraction of sp³-hybridized carbons (Fsp3) is 0.261. The standard InChI is InChI=1S/C23H21FN6O2/c24-19-6-4-17(5-7-19)15-29-11-12-30-21(23(29)32)13-20(27-30)22(31)28(10-2-8-25)16-18-3-1-9-26-14-18/h1,3-7,9,13-14H,2,10-12,15-16H2. The van der Waals surface area contributed by atoms with Crippen molar-refractivity contribution in [1.29, 1.82) is 5.26 Å². The number of aromatic nitrogens is 3. The zero-order valence-electron chi connectivity index (χ0n) is 17.3. The zero-order chi connectivity index (χ0) is 22.5. The first-order valence-corrected chi connectivity index (χ1v) is 10.2. The summed E-state index contributed by atoms with van der Waals surface area (Å²) in [6.45, 7) is 1.78. The van der Waals surface area contributed by atoms with E-state index in [1.807, 2.05) is 6.07 Å². The zero-order valence-corrected chi connectivity index (χ0v) is 17.3. The molecule has 1 aliphatic heterocycles. The van der Waals surface area contributed by atoms with Crippen LogP contribution < -0.4 is 0 Å². The fourth-order valence-electron chi connectivity index (χ4n) is 3.62. The second-order valence-corrected chi connectivity index (χ2v) is 7.49. The van der Waals surface area contributed by atoms with Crippen LogP contribution in [0.4, 0.5) is 4.39 Å². The molecule has 0 aliphatic carbocycles. The van der Waals surface area contributed by atoms with Gasteiger partial charge in [0.25, 0.3) is 11.8 Å². The van der Waals surface area contributed by atoms with Gasteiger partial charge in [-0.15, -0.1) is 0 Å². The van der Waals surface area contributed by atoms with Crippen LogP contribution in [0.15, 0.2) is 54.9 Å². The van der Waals surface area contributed by atoms with Gasteiger partial charge in [0, 0.05) is 44.6 Å². The molecule has 2 aromatic heterocycles. The summed E-state index contributed by atoms with van der Waals surface area (Å²) in [6.07, 6.45) is 3.50. The number of carbonyl (C=O) groups is 2. The first-order valence-electron chi connectivity index (χ1n) is 10.2. The number of fused-ring (bicyclic) bond motifs is 1. The predicted molar refractivity (Wildman–Crippen MR) is 113 cm³/mol. The lowest BCUT2D eigenvalue weighted by Crippen LogP contribution is -2.39. The molecule has 1 aliphatic rings. The highest BCUT2D eigenvalue weighted by Gasteiger charge is 2.29. The van der Waals surface area contributed by atoms with E-state index in [9.17, 15) is 14.0 Å². The van der Waals surface area contributed by atoms with Gasteiger partial charge in [0.05, 0.1) is 19.0 Å². The Bertz CT molecular complexity index is 1150. The van der Waals surface area contributed by atoms with Gasteiger partial charge in [-0.1, -0.05) is 18.2 Å². The highest BCUT2D eigenvalue weighted by atomic mass is 19.1. The molecular weight excluding hydrogens is 411 g/mol. The van der Waals surface area contributed by atoms with Crippen LogP contribution in [0.1, 0.15) is 38.5 Å². The van der Waals surface area contributed by atoms with Crippen molar-refractivity contribution in [1.82, 2.24) is 24.6 Å². The molecule has 2 amide bonds. The van der Waals surface area contributed by atoms with Crippen molar-refractivity contribution in [3.63, 3.8) is 0 Å². The summed E-state index contributed by atoms with van der Waals surface area (Å²) in [5.41, 5.74) is 2.16. The van der Waals surface area contributed by atoms with Crippen molar-refractivity contribution in [2.45, 2.75) is 26.1 Å². The molecule has 0 saturated carbocycles.